The lowest BCUT2D eigenvalue weighted by Crippen LogP contribution is -1.94. The third-order valence-electron chi connectivity index (χ3n) is 2.97. The highest BCUT2D eigenvalue weighted by Crippen LogP contribution is 2.18. The van der Waals surface area contributed by atoms with E-state index in [1.807, 2.05) is 0 Å². The van der Waals surface area contributed by atoms with Gasteiger partial charge in [0.25, 0.3) is 0 Å². The second-order valence-electron chi connectivity index (χ2n) is 4.63. The second kappa shape index (κ2) is 9.30. The maximum absolute atomic E-state index is 4.16. The molecule has 0 saturated heterocycles. The quantitative estimate of drug-likeness (QED) is 0.345. The molecule has 0 aliphatic rings. The Balaban J connectivity index is 3.27. The van der Waals surface area contributed by atoms with Gasteiger partial charge in [0.2, 0.25) is 0 Å². The molecule has 14 heavy (non-hydrogen) atoms. The van der Waals surface area contributed by atoms with Crippen molar-refractivity contribution in [1.82, 2.24) is 0 Å². The molecule has 0 aromatic heterocycles. The van der Waals surface area contributed by atoms with Gasteiger partial charge in [0, 0.05) is 0 Å². The molecule has 0 fully saturated rings. The fraction of sp³-hybridized carbons (Fsp3) is 0.857. The first-order valence-electron chi connectivity index (χ1n) is 6.37. The molecule has 0 rings (SSSR count). The van der Waals surface area contributed by atoms with Gasteiger partial charge in [-0.05, 0) is 25.2 Å². The van der Waals surface area contributed by atoms with E-state index in [0.717, 1.165) is 5.92 Å². The lowest BCUT2D eigenvalue weighted by Gasteiger charge is -2.10. The van der Waals surface area contributed by atoms with Crippen LogP contribution in [0.1, 0.15) is 72.1 Å². The zero-order chi connectivity index (χ0) is 10.8. The molecule has 1 unspecified atom stereocenters. The van der Waals surface area contributed by atoms with Crippen molar-refractivity contribution in [2.24, 2.45) is 5.92 Å². The summed E-state index contributed by atoms with van der Waals surface area (Å²) < 4.78 is 0. The minimum absolute atomic E-state index is 0.832. The Bertz CT molecular complexity index is 135. The van der Waals surface area contributed by atoms with Crippen LogP contribution >= 0.6 is 0 Å². The van der Waals surface area contributed by atoms with Crippen molar-refractivity contribution >= 4 is 0 Å². The Morgan fingerprint density at radius 1 is 1.07 bits per heavy atom. The molecular weight excluding hydrogens is 168 g/mol. The van der Waals surface area contributed by atoms with E-state index in [0.29, 0.717) is 0 Å². The van der Waals surface area contributed by atoms with Gasteiger partial charge in [0.15, 0.2) is 0 Å². The van der Waals surface area contributed by atoms with Crippen molar-refractivity contribution in [1.29, 1.82) is 0 Å². The van der Waals surface area contributed by atoms with Crippen molar-refractivity contribution in [2.75, 3.05) is 0 Å². The molecule has 0 aliphatic carbocycles. The fourth-order valence-corrected chi connectivity index (χ4v) is 1.72. The monoisotopic (exact) mass is 196 g/mol. The van der Waals surface area contributed by atoms with Crippen molar-refractivity contribution < 1.29 is 0 Å². The highest BCUT2D eigenvalue weighted by atomic mass is 14.1. The summed E-state index contributed by atoms with van der Waals surface area (Å²) in [5, 5.41) is 0. The fourth-order valence-electron chi connectivity index (χ4n) is 1.72. The summed E-state index contributed by atoms with van der Waals surface area (Å²) in [4.78, 5) is 0. The minimum Gasteiger partial charge on any atom is -0.0999 e. The summed E-state index contributed by atoms with van der Waals surface area (Å²) in [7, 11) is 0. The van der Waals surface area contributed by atoms with Crippen LogP contribution in [0.25, 0.3) is 0 Å². The van der Waals surface area contributed by atoms with Crippen LogP contribution in [0.3, 0.4) is 0 Å². The zero-order valence-corrected chi connectivity index (χ0v) is 10.4. The Kier molecular flexibility index (Phi) is 9.13. The van der Waals surface area contributed by atoms with Crippen LogP contribution in [0.15, 0.2) is 12.2 Å². The Hall–Kier alpha value is -0.260. The molecule has 0 amide bonds. The van der Waals surface area contributed by atoms with Crippen molar-refractivity contribution in [2.45, 2.75) is 72.1 Å². The standard InChI is InChI=1S/C14H28/c1-5-7-8-9-10-11-14(4)12-13(3)6-2/h13H,4-12H2,1-3H3. The van der Waals surface area contributed by atoms with Gasteiger partial charge in [-0.25, -0.2) is 0 Å². The molecule has 84 valence electrons. The zero-order valence-electron chi connectivity index (χ0n) is 10.4. The smallest absolute Gasteiger partial charge is 0.0297 e. The largest absolute Gasteiger partial charge is 0.0999 e. The molecule has 0 heteroatoms. The van der Waals surface area contributed by atoms with Gasteiger partial charge in [-0.2, -0.15) is 0 Å². The summed E-state index contributed by atoms with van der Waals surface area (Å²) >= 11 is 0. The van der Waals surface area contributed by atoms with E-state index in [1.165, 1.54) is 56.9 Å². The molecule has 0 aromatic carbocycles. The molecular formula is C14H28. The topological polar surface area (TPSA) is 0 Å². The molecule has 0 nitrogen and oxygen atoms in total. The maximum Gasteiger partial charge on any atom is -0.0297 e. The number of hydrogen-bond acceptors (Lipinski definition) is 0. The minimum atomic E-state index is 0.832. The first kappa shape index (κ1) is 13.7. The van der Waals surface area contributed by atoms with Crippen molar-refractivity contribution in [3.63, 3.8) is 0 Å². The highest BCUT2D eigenvalue weighted by Gasteiger charge is 2.01. The third kappa shape index (κ3) is 8.34. The predicted molar refractivity (Wildman–Crippen MR) is 66.6 cm³/mol. The Labute approximate surface area is 90.8 Å². The molecule has 0 spiro atoms. The molecule has 0 aromatic rings. The van der Waals surface area contributed by atoms with E-state index in [1.54, 1.807) is 0 Å². The first-order chi connectivity index (χ1) is 6.70. The van der Waals surface area contributed by atoms with E-state index in [4.69, 9.17) is 0 Å². The normalized spacial score (nSPS) is 12.8. The second-order valence-corrected chi connectivity index (χ2v) is 4.63. The molecule has 0 heterocycles. The van der Waals surface area contributed by atoms with Gasteiger partial charge in [-0.3, -0.25) is 0 Å². The number of rotatable bonds is 9. The predicted octanol–water partition coefficient (Wildman–Crippen LogP) is 5.34. The molecule has 0 N–H and O–H groups in total. The van der Waals surface area contributed by atoms with E-state index < -0.39 is 0 Å². The summed E-state index contributed by atoms with van der Waals surface area (Å²) in [6, 6.07) is 0. The first-order valence-corrected chi connectivity index (χ1v) is 6.37. The van der Waals surface area contributed by atoms with Crippen LogP contribution in [0, 0.1) is 5.92 Å². The summed E-state index contributed by atoms with van der Waals surface area (Å²) in [5.41, 5.74) is 1.47. The van der Waals surface area contributed by atoms with Crippen LogP contribution in [0.2, 0.25) is 0 Å². The Morgan fingerprint density at radius 3 is 2.29 bits per heavy atom. The van der Waals surface area contributed by atoms with Crippen LogP contribution in [0.5, 0.6) is 0 Å². The molecule has 0 radical (unpaired) electrons. The van der Waals surface area contributed by atoms with Crippen LogP contribution < -0.4 is 0 Å². The summed E-state index contributed by atoms with van der Waals surface area (Å²) in [6.45, 7) is 11.0. The van der Waals surface area contributed by atoms with Gasteiger partial charge >= 0.3 is 0 Å². The molecule has 1 atom stereocenters. The Morgan fingerprint density at radius 2 is 1.71 bits per heavy atom. The summed E-state index contributed by atoms with van der Waals surface area (Å²) in [5.74, 6) is 0.832. The highest BCUT2D eigenvalue weighted by molar-refractivity contribution is 4.94. The van der Waals surface area contributed by atoms with Crippen molar-refractivity contribution in [3.05, 3.63) is 12.2 Å². The maximum atomic E-state index is 4.16. The lowest BCUT2D eigenvalue weighted by molar-refractivity contribution is 0.538. The van der Waals surface area contributed by atoms with Gasteiger partial charge in [0.05, 0.1) is 0 Å². The van der Waals surface area contributed by atoms with Crippen LogP contribution in [-0.2, 0) is 0 Å². The average molecular weight is 196 g/mol. The van der Waals surface area contributed by atoms with Gasteiger partial charge < -0.3 is 0 Å². The SMILES string of the molecule is C=C(CCCCCCC)CC(C)CC. The van der Waals surface area contributed by atoms with Gasteiger partial charge in [0.1, 0.15) is 0 Å². The lowest BCUT2D eigenvalue weighted by atomic mass is 9.96. The van der Waals surface area contributed by atoms with E-state index >= 15 is 0 Å². The number of unbranched alkanes of at least 4 members (excludes halogenated alkanes) is 4. The van der Waals surface area contributed by atoms with Gasteiger partial charge in [-0.15, -0.1) is 0 Å². The number of hydrogen-bond donors (Lipinski definition) is 0. The summed E-state index contributed by atoms with van der Waals surface area (Å²) in [6.07, 6.45) is 10.7. The van der Waals surface area contributed by atoms with Crippen molar-refractivity contribution in [3.8, 4) is 0 Å². The van der Waals surface area contributed by atoms with E-state index in [9.17, 15) is 0 Å². The van der Waals surface area contributed by atoms with Crippen LogP contribution in [-0.4, -0.2) is 0 Å². The van der Waals surface area contributed by atoms with Gasteiger partial charge in [-0.1, -0.05) is 65.0 Å². The van der Waals surface area contributed by atoms with Crippen LogP contribution in [0.4, 0.5) is 0 Å². The number of allylic oxidation sites excluding steroid dienone is 1. The molecule has 0 saturated carbocycles. The average Bonchev–Trinajstić information content (AvgIpc) is 2.17. The van der Waals surface area contributed by atoms with E-state index in [-0.39, 0.29) is 0 Å². The third-order valence-corrected chi connectivity index (χ3v) is 2.97. The molecule has 0 bridgehead atoms. The molecule has 0 aliphatic heterocycles. The van der Waals surface area contributed by atoms with E-state index in [2.05, 4.69) is 27.4 Å².